The maximum Gasteiger partial charge on any atom is 0.223 e. The Morgan fingerprint density at radius 3 is 2.71 bits per heavy atom. The summed E-state index contributed by atoms with van der Waals surface area (Å²) in [5.74, 6) is 1.28. The van der Waals surface area contributed by atoms with Crippen LogP contribution in [0.5, 0.6) is 0 Å². The molecule has 3 fully saturated rings. The molecule has 3 aliphatic rings. The van der Waals surface area contributed by atoms with Crippen molar-refractivity contribution in [3.8, 4) is 0 Å². The number of likely N-dealkylation sites (tertiary alicyclic amines) is 2. The summed E-state index contributed by atoms with van der Waals surface area (Å²) in [5, 5.41) is 0. The number of hydrogen-bond donors (Lipinski definition) is 0. The number of aromatic nitrogens is 1. The molecule has 24 heavy (non-hydrogen) atoms. The van der Waals surface area contributed by atoms with Crippen molar-refractivity contribution in [1.29, 1.82) is 0 Å². The monoisotopic (exact) mass is 329 g/mol. The van der Waals surface area contributed by atoms with Crippen molar-refractivity contribution in [2.24, 2.45) is 5.92 Å². The van der Waals surface area contributed by atoms with E-state index in [1.165, 1.54) is 12.0 Å². The van der Waals surface area contributed by atoms with Gasteiger partial charge in [0.25, 0.3) is 0 Å². The van der Waals surface area contributed by atoms with Crippen LogP contribution < -0.4 is 0 Å². The molecule has 1 spiro atoms. The molecule has 4 heterocycles. The number of pyridine rings is 1. The first-order valence-corrected chi connectivity index (χ1v) is 9.16. The van der Waals surface area contributed by atoms with Crippen LogP contribution in [0, 0.1) is 5.92 Å². The molecule has 0 saturated carbocycles. The summed E-state index contributed by atoms with van der Waals surface area (Å²) in [7, 11) is 2.00. The number of likely N-dealkylation sites (N-methyl/N-ethyl adjacent to an activating group) is 1. The maximum absolute atomic E-state index is 12.5. The first kappa shape index (κ1) is 16.0. The topological polar surface area (TPSA) is 45.7 Å². The van der Waals surface area contributed by atoms with Gasteiger partial charge in [0.2, 0.25) is 5.91 Å². The van der Waals surface area contributed by atoms with Crippen molar-refractivity contribution in [2.45, 2.75) is 37.1 Å². The van der Waals surface area contributed by atoms with Crippen molar-refractivity contribution in [2.75, 3.05) is 39.9 Å². The van der Waals surface area contributed by atoms with Crippen LogP contribution in [0.15, 0.2) is 24.5 Å². The SMILES string of the molecule is CN1C(=O)CC(c2ccncc2)C12CCN(CC1CCOC1)CC2. The lowest BCUT2D eigenvalue weighted by Crippen LogP contribution is -2.54. The van der Waals surface area contributed by atoms with Crippen LogP contribution in [0.25, 0.3) is 0 Å². The van der Waals surface area contributed by atoms with E-state index in [1.54, 1.807) is 0 Å². The van der Waals surface area contributed by atoms with Gasteiger partial charge in [0, 0.05) is 58.0 Å². The number of nitrogens with zero attached hydrogens (tertiary/aromatic N) is 3. The zero-order valence-corrected chi connectivity index (χ0v) is 14.5. The number of hydrogen-bond acceptors (Lipinski definition) is 4. The van der Waals surface area contributed by atoms with E-state index in [2.05, 4.69) is 22.0 Å². The summed E-state index contributed by atoms with van der Waals surface area (Å²) >= 11 is 0. The van der Waals surface area contributed by atoms with Gasteiger partial charge in [-0.1, -0.05) is 0 Å². The summed E-state index contributed by atoms with van der Waals surface area (Å²) in [4.78, 5) is 21.2. The predicted molar refractivity (Wildman–Crippen MR) is 91.7 cm³/mol. The minimum Gasteiger partial charge on any atom is -0.381 e. The van der Waals surface area contributed by atoms with E-state index in [9.17, 15) is 4.79 Å². The molecule has 0 radical (unpaired) electrons. The number of ether oxygens (including phenoxy) is 1. The molecule has 3 aliphatic heterocycles. The van der Waals surface area contributed by atoms with Crippen molar-refractivity contribution >= 4 is 5.91 Å². The zero-order valence-electron chi connectivity index (χ0n) is 14.5. The number of amides is 1. The molecule has 5 heteroatoms. The lowest BCUT2D eigenvalue weighted by molar-refractivity contribution is -0.130. The molecule has 2 unspecified atom stereocenters. The molecule has 2 atom stereocenters. The highest BCUT2D eigenvalue weighted by Gasteiger charge is 2.52. The Bertz CT molecular complexity index is 578. The second-order valence-corrected chi connectivity index (χ2v) is 7.62. The number of carbonyl (C=O) groups is 1. The zero-order chi connectivity index (χ0) is 16.6. The second-order valence-electron chi connectivity index (χ2n) is 7.62. The molecule has 1 aromatic rings. The van der Waals surface area contributed by atoms with Gasteiger partial charge in [0.05, 0.1) is 12.1 Å². The third kappa shape index (κ3) is 2.74. The van der Waals surface area contributed by atoms with Gasteiger partial charge in [0.1, 0.15) is 0 Å². The first-order valence-electron chi connectivity index (χ1n) is 9.16. The summed E-state index contributed by atoms with van der Waals surface area (Å²) in [6.07, 6.45) is 7.66. The van der Waals surface area contributed by atoms with Crippen LogP contribution in [0.3, 0.4) is 0 Å². The normalized spacial score (nSPS) is 30.4. The van der Waals surface area contributed by atoms with E-state index in [1.807, 2.05) is 24.3 Å². The molecule has 0 aromatic carbocycles. The highest BCUT2D eigenvalue weighted by atomic mass is 16.5. The quantitative estimate of drug-likeness (QED) is 0.850. The Balaban J connectivity index is 1.49. The van der Waals surface area contributed by atoms with Crippen molar-refractivity contribution in [3.63, 3.8) is 0 Å². The van der Waals surface area contributed by atoms with Gasteiger partial charge >= 0.3 is 0 Å². The van der Waals surface area contributed by atoms with Gasteiger partial charge in [-0.2, -0.15) is 0 Å². The van der Waals surface area contributed by atoms with Gasteiger partial charge in [-0.05, 0) is 42.9 Å². The van der Waals surface area contributed by atoms with Crippen molar-refractivity contribution in [1.82, 2.24) is 14.8 Å². The third-order valence-corrected chi connectivity index (χ3v) is 6.44. The molecule has 130 valence electrons. The number of piperidine rings is 1. The lowest BCUT2D eigenvalue weighted by Gasteiger charge is -2.47. The van der Waals surface area contributed by atoms with Gasteiger partial charge in [-0.15, -0.1) is 0 Å². The van der Waals surface area contributed by atoms with Gasteiger partial charge in [0.15, 0.2) is 0 Å². The molecule has 1 aromatic heterocycles. The molecule has 3 saturated heterocycles. The maximum atomic E-state index is 12.5. The fourth-order valence-electron chi connectivity index (χ4n) is 4.91. The fourth-order valence-corrected chi connectivity index (χ4v) is 4.91. The minimum absolute atomic E-state index is 0.0128. The minimum atomic E-state index is -0.0128. The number of carbonyl (C=O) groups excluding carboxylic acids is 1. The van der Waals surface area contributed by atoms with Gasteiger partial charge in [-0.25, -0.2) is 0 Å². The van der Waals surface area contributed by atoms with E-state index in [0.717, 1.165) is 45.7 Å². The predicted octanol–water partition coefficient (Wildman–Crippen LogP) is 1.90. The molecule has 0 aliphatic carbocycles. The average Bonchev–Trinajstić information content (AvgIpc) is 3.21. The van der Waals surface area contributed by atoms with Crippen LogP contribution in [-0.4, -0.2) is 66.1 Å². The Morgan fingerprint density at radius 1 is 1.29 bits per heavy atom. The Labute approximate surface area is 144 Å². The van der Waals surface area contributed by atoms with E-state index in [4.69, 9.17) is 4.74 Å². The summed E-state index contributed by atoms with van der Waals surface area (Å²) in [6.45, 7) is 5.14. The molecular formula is C19H27N3O2. The molecule has 1 amide bonds. The largest absolute Gasteiger partial charge is 0.381 e. The molecular weight excluding hydrogens is 302 g/mol. The Morgan fingerprint density at radius 2 is 2.04 bits per heavy atom. The smallest absolute Gasteiger partial charge is 0.223 e. The highest BCUT2D eigenvalue weighted by Crippen LogP contribution is 2.48. The van der Waals surface area contributed by atoms with Gasteiger partial charge in [-0.3, -0.25) is 9.78 Å². The fraction of sp³-hybridized carbons (Fsp3) is 0.684. The van der Waals surface area contributed by atoms with E-state index < -0.39 is 0 Å². The Hall–Kier alpha value is -1.46. The van der Waals surface area contributed by atoms with E-state index >= 15 is 0 Å². The average molecular weight is 329 g/mol. The lowest BCUT2D eigenvalue weighted by atomic mass is 9.74. The third-order valence-electron chi connectivity index (χ3n) is 6.44. The van der Waals surface area contributed by atoms with Crippen LogP contribution in [0.1, 0.15) is 37.2 Å². The number of rotatable bonds is 3. The van der Waals surface area contributed by atoms with Crippen LogP contribution in [0.4, 0.5) is 0 Å². The van der Waals surface area contributed by atoms with Crippen LogP contribution >= 0.6 is 0 Å². The van der Waals surface area contributed by atoms with Crippen LogP contribution in [0.2, 0.25) is 0 Å². The molecule has 4 rings (SSSR count). The molecule has 0 bridgehead atoms. The highest BCUT2D eigenvalue weighted by molar-refractivity contribution is 5.81. The van der Waals surface area contributed by atoms with Gasteiger partial charge < -0.3 is 14.5 Å². The summed E-state index contributed by atoms with van der Waals surface area (Å²) < 4.78 is 5.51. The molecule has 5 nitrogen and oxygen atoms in total. The molecule has 0 N–H and O–H groups in total. The van der Waals surface area contributed by atoms with E-state index in [-0.39, 0.29) is 11.4 Å². The van der Waals surface area contributed by atoms with Crippen LogP contribution in [-0.2, 0) is 9.53 Å². The summed E-state index contributed by atoms with van der Waals surface area (Å²) in [6, 6.07) is 4.17. The van der Waals surface area contributed by atoms with E-state index in [0.29, 0.717) is 18.3 Å². The second kappa shape index (κ2) is 6.45. The van der Waals surface area contributed by atoms with Crippen molar-refractivity contribution < 1.29 is 9.53 Å². The Kier molecular flexibility index (Phi) is 4.31. The summed E-state index contributed by atoms with van der Waals surface area (Å²) in [5.41, 5.74) is 1.25. The standard InChI is InChI=1S/C19H27N3O2/c1-21-18(23)12-17(16-2-7-20-8-3-16)19(21)5-9-22(10-6-19)13-15-4-11-24-14-15/h2-3,7-8,15,17H,4-6,9-14H2,1H3. The van der Waals surface area contributed by atoms with Crippen molar-refractivity contribution in [3.05, 3.63) is 30.1 Å². The first-order chi connectivity index (χ1) is 11.7.